The number of guanidine groups is 1. The van der Waals surface area contributed by atoms with Crippen LogP contribution >= 0.6 is 35.6 Å². The summed E-state index contributed by atoms with van der Waals surface area (Å²) in [6.07, 6.45) is 0. The summed E-state index contributed by atoms with van der Waals surface area (Å²) in [6.45, 7) is 0.467. The molecule has 21 heavy (non-hydrogen) atoms. The van der Waals surface area contributed by atoms with Gasteiger partial charge in [-0.2, -0.15) is 0 Å². The van der Waals surface area contributed by atoms with Crippen molar-refractivity contribution >= 4 is 47.2 Å². The second-order valence-electron chi connectivity index (χ2n) is 4.16. The van der Waals surface area contributed by atoms with E-state index in [2.05, 4.69) is 10.3 Å². The van der Waals surface area contributed by atoms with E-state index in [4.69, 9.17) is 22.1 Å². The summed E-state index contributed by atoms with van der Waals surface area (Å²) in [5.74, 6) is 1.04. The Labute approximate surface area is 146 Å². The number of methoxy groups -OCH3 is 1. The summed E-state index contributed by atoms with van der Waals surface area (Å²) in [5, 5.41) is 3.70. The average molecular weight is 418 g/mol. The van der Waals surface area contributed by atoms with Gasteiger partial charge in [-0.15, -0.1) is 24.0 Å². The first kappa shape index (κ1) is 17.6. The monoisotopic (exact) mass is 417 g/mol. The van der Waals surface area contributed by atoms with Crippen molar-refractivity contribution in [1.29, 1.82) is 0 Å². The molecular weight excluding hydrogens is 401 g/mol. The summed E-state index contributed by atoms with van der Waals surface area (Å²) in [4.78, 5) is 4.28. The number of benzene rings is 2. The molecule has 0 radical (unpaired) electrons. The Balaban J connectivity index is 0.00000220. The summed E-state index contributed by atoms with van der Waals surface area (Å²) >= 11 is 5.92. The average Bonchev–Trinajstić information content (AvgIpc) is 2.46. The van der Waals surface area contributed by atoms with Crippen molar-refractivity contribution in [3.8, 4) is 5.75 Å². The maximum absolute atomic E-state index is 5.92. The Morgan fingerprint density at radius 2 is 2.00 bits per heavy atom. The van der Waals surface area contributed by atoms with Gasteiger partial charge in [0, 0.05) is 5.02 Å². The molecule has 2 aromatic rings. The molecule has 0 aromatic heterocycles. The lowest BCUT2D eigenvalue weighted by Crippen LogP contribution is -2.22. The number of hydrogen-bond donors (Lipinski definition) is 2. The highest BCUT2D eigenvalue weighted by molar-refractivity contribution is 14.0. The fourth-order valence-corrected chi connectivity index (χ4v) is 1.95. The van der Waals surface area contributed by atoms with Crippen molar-refractivity contribution in [3.63, 3.8) is 0 Å². The minimum atomic E-state index is 0. The Morgan fingerprint density at radius 3 is 2.71 bits per heavy atom. The van der Waals surface area contributed by atoms with Gasteiger partial charge in [0.25, 0.3) is 0 Å². The van der Waals surface area contributed by atoms with Crippen LogP contribution in [0.5, 0.6) is 5.75 Å². The highest BCUT2D eigenvalue weighted by Crippen LogP contribution is 2.22. The van der Waals surface area contributed by atoms with E-state index in [0.29, 0.717) is 23.3 Å². The molecule has 3 N–H and O–H groups in total. The zero-order valence-electron chi connectivity index (χ0n) is 11.5. The van der Waals surface area contributed by atoms with Gasteiger partial charge in [-0.25, -0.2) is 4.99 Å². The minimum Gasteiger partial charge on any atom is -0.495 e. The summed E-state index contributed by atoms with van der Waals surface area (Å²) in [7, 11) is 1.61. The maximum Gasteiger partial charge on any atom is 0.193 e. The molecule has 0 unspecified atom stereocenters. The first-order valence-corrected chi connectivity index (χ1v) is 6.51. The van der Waals surface area contributed by atoms with Crippen molar-refractivity contribution in [2.45, 2.75) is 6.54 Å². The molecule has 112 valence electrons. The van der Waals surface area contributed by atoms with Crippen molar-refractivity contribution in [3.05, 3.63) is 59.1 Å². The van der Waals surface area contributed by atoms with E-state index in [1.807, 2.05) is 48.5 Å². The van der Waals surface area contributed by atoms with Gasteiger partial charge < -0.3 is 15.8 Å². The van der Waals surface area contributed by atoms with E-state index in [1.54, 1.807) is 7.11 Å². The van der Waals surface area contributed by atoms with Crippen molar-refractivity contribution in [2.24, 2.45) is 10.7 Å². The molecule has 4 nitrogen and oxygen atoms in total. The van der Waals surface area contributed by atoms with E-state index in [1.165, 1.54) is 0 Å². The topological polar surface area (TPSA) is 59.6 Å². The zero-order valence-corrected chi connectivity index (χ0v) is 14.6. The SMILES string of the molecule is COc1ccccc1NC(N)=NCc1cccc(Cl)c1.I. The number of para-hydroxylation sites is 2. The number of anilines is 1. The molecule has 0 heterocycles. The predicted molar refractivity (Wildman–Crippen MR) is 98.8 cm³/mol. The van der Waals surface area contributed by atoms with E-state index in [-0.39, 0.29) is 24.0 Å². The van der Waals surface area contributed by atoms with Crippen LogP contribution in [0.15, 0.2) is 53.5 Å². The summed E-state index contributed by atoms with van der Waals surface area (Å²) in [5.41, 5.74) is 7.65. The molecular formula is C15H17ClIN3O. The lowest BCUT2D eigenvalue weighted by Gasteiger charge is -2.10. The van der Waals surface area contributed by atoms with E-state index < -0.39 is 0 Å². The normalized spacial score (nSPS) is 10.7. The fourth-order valence-electron chi connectivity index (χ4n) is 1.74. The number of halogens is 2. The van der Waals surface area contributed by atoms with Crippen LogP contribution in [0.3, 0.4) is 0 Å². The first-order chi connectivity index (χ1) is 9.69. The van der Waals surface area contributed by atoms with Gasteiger partial charge in [0.1, 0.15) is 5.75 Å². The van der Waals surface area contributed by atoms with E-state index in [9.17, 15) is 0 Å². The van der Waals surface area contributed by atoms with Crippen LogP contribution in [0.4, 0.5) is 5.69 Å². The van der Waals surface area contributed by atoms with Crippen LogP contribution in [0.2, 0.25) is 5.02 Å². The van der Waals surface area contributed by atoms with Crippen LogP contribution < -0.4 is 15.8 Å². The number of nitrogens with two attached hydrogens (primary N) is 1. The third-order valence-corrected chi connectivity index (χ3v) is 2.93. The Bertz CT molecular complexity index is 619. The molecule has 0 aliphatic carbocycles. The number of nitrogens with one attached hydrogen (secondary N) is 1. The van der Waals surface area contributed by atoms with Gasteiger partial charge in [0.15, 0.2) is 5.96 Å². The first-order valence-electron chi connectivity index (χ1n) is 6.13. The highest BCUT2D eigenvalue weighted by atomic mass is 127. The molecule has 0 atom stereocenters. The van der Waals surface area contributed by atoms with E-state index in [0.717, 1.165) is 11.3 Å². The lowest BCUT2D eigenvalue weighted by atomic mass is 10.2. The van der Waals surface area contributed by atoms with E-state index >= 15 is 0 Å². The van der Waals surface area contributed by atoms with Gasteiger partial charge >= 0.3 is 0 Å². The van der Waals surface area contributed by atoms with Crippen LogP contribution in [0.25, 0.3) is 0 Å². The molecule has 0 fully saturated rings. The number of nitrogens with zero attached hydrogens (tertiary/aromatic N) is 1. The fraction of sp³-hybridized carbons (Fsp3) is 0.133. The maximum atomic E-state index is 5.92. The van der Waals surface area contributed by atoms with Gasteiger partial charge in [0.2, 0.25) is 0 Å². The molecule has 0 saturated carbocycles. The number of aliphatic imine (C=N–C) groups is 1. The molecule has 0 amide bonds. The summed E-state index contributed by atoms with van der Waals surface area (Å²) in [6, 6.07) is 15.0. The van der Waals surface area contributed by atoms with Crippen molar-refractivity contribution in [1.82, 2.24) is 0 Å². The number of ether oxygens (including phenoxy) is 1. The molecule has 0 aliphatic heterocycles. The second kappa shape index (κ2) is 8.74. The molecule has 0 spiro atoms. The smallest absolute Gasteiger partial charge is 0.193 e. The number of rotatable bonds is 4. The molecule has 0 bridgehead atoms. The minimum absolute atomic E-state index is 0. The van der Waals surface area contributed by atoms with Crippen molar-refractivity contribution in [2.75, 3.05) is 12.4 Å². The standard InChI is InChI=1S/C15H16ClN3O.HI/c1-20-14-8-3-2-7-13(14)19-15(17)18-10-11-5-4-6-12(16)9-11;/h2-9H,10H2,1H3,(H3,17,18,19);1H. The third-order valence-electron chi connectivity index (χ3n) is 2.69. The third kappa shape index (κ3) is 5.43. The van der Waals surface area contributed by atoms with Gasteiger partial charge in [-0.3, -0.25) is 0 Å². The zero-order chi connectivity index (χ0) is 14.4. The second-order valence-corrected chi connectivity index (χ2v) is 4.59. The molecule has 0 aliphatic rings. The Kier molecular flexibility index (Phi) is 7.31. The van der Waals surface area contributed by atoms with Gasteiger partial charge in [-0.1, -0.05) is 35.9 Å². The van der Waals surface area contributed by atoms with Gasteiger partial charge in [0.05, 0.1) is 19.3 Å². The molecule has 6 heteroatoms. The van der Waals surface area contributed by atoms with Crippen molar-refractivity contribution < 1.29 is 4.74 Å². The molecule has 2 aromatic carbocycles. The quantitative estimate of drug-likeness (QED) is 0.451. The predicted octanol–water partition coefficient (Wildman–Crippen LogP) is 3.89. The Hall–Kier alpha value is -1.47. The van der Waals surface area contributed by atoms with Crippen LogP contribution in [0, 0.1) is 0 Å². The Morgan fingerprint density at radius 1 is 1.24 bits per heavy atom. The number of hydrogen-bond acceptors (Lipinski definition) is 2. The lowest BCUT2D eigenvalue weighted by molar-refractivity contribution is 0.417. The van der Waals surface area contributed by atoms with Crippen LogP contribution in [0.1, 0.15) is 5.56 Å². The highest BCUT2D eigenvalue weighted by Gasteiger charge is 2.02. The van der Waals surface area contributed by atoms with Gasteiger partial charge in [-0.05, 0) is 29.8 Å². The molecule has 2 rings (SSSR count). The molecule has 0 saturated heterocycles. The summed E-state index contributed by atoms with van der Waals surface area (Å²) < 4.78 is 5.23. The van der Waals surface area contributed by atoms with Crippen LogP contribution in [-0.2, 0) is 6.54 Å². The van der Waals surface area contributed by atoms with Crippen LogP contribution in [-0.4, -0.2) is 13.1 Å². The largest absolute Gasteiger partial charge is 0.495 e.